The van der Waals surface area contributed by atoms with Crippen molar-refractivity contribution in [1.29, 1.82) is 0 Å². The van der Waals surface area contributed by atoms with Crippen LogP contribution in [0.3, 0.4) is 0 Å². The first-order chi connectivity index (χ1) is 9.16. The van der Waals surface area contributed by atoms with Crippen LogP contribution in [0.25, 0.3) is 0 Å². The molecule has 0 aromatic carbocycles. The second-order valence-electron chi connectivity index (χ2n) is 5.71. The topological polar surface area (TPSA) is 96.6 Å². The molecule has 20 heavy (non-hydrogen) atoms. The average Bonchev–Trinajstić information content (AvgIpc) is 2.60. The van der Waals surface area contributed by atoms with E-state index in [4.69, 9.17) is 9.52 Å². The summed E-state index contributed by atoms with van der Waals surface area (Å²) in [6.45, 7) is 5.24. The minimum absolute atomic E-state index is 0.0247. The number of hydrogen-bond donors (Lipinski definition) is 2. The number of rotatable bonds is 5. The molecule has 0 bridgehead atoms. The summed E-state index contributed by atoms with van der Waals surface area (Å²) < 4.78 is 32.4. The summed E-state index contributed by atoms with van der Waals surface area (Å²) in [7, 11) is -3.88. The zero-order valence-electron chi connectivity index (χ0n) is 11.8. The largest absolute Gasteiger partial charge is 0.478 e. The van der Waals surface area contributed by atoms with Gasteiger partial charge < -0.3 is 9.52 Å². The molecule has 0 atom stereocenters. The van der Waals surface area contributed by atoms with Crippen molar-refractivity contribution in [3.05, 3.63) is 17.1 Å². The lowest BCUT2D eigenvalue weighted by Crippen LogP contribution is -2.40. The van der Waals surface area contributed by atoms with E-state index in [1.807, 2.05) is 6.92 Å². The molecule has 1 aliphatic rings. The van der Waals surface area contributed by atoms with Crippen molar-refractivity contribution in [3.8, 4) is 0 Å². The monoisotopic (exact) mass is 301 g/mol. The van der Waals surface area contributed by atoms with Gasteiger partial charge in [0.05, 0.1) is 0 Å². The van der Waals surface area contributed by atoms with Gasteiger partial charge in [0.2, 0.25) is 10.0 Å². The van der Waals surface area contributed by atoms with Crippen LogP contribution in [-0.2, 0) is 10.0 Å². The lowest BCUT2D eigenvalue weighted by molar-refractivity contribution is 0.0691. The van der Waals surface area contributed by atoms with Gasteiger partial charge in [-0.2, -0.15) is 0 Å². The highest BCUT2D eigenvalue weighted by Crippen LogP contribution is 2.40. The maximum atomic E-state index is 12.3. The van der Waals surface area contributed by atoms with Crippen molar-refractivity contribution < 1.29 is 22.7 Å². The molecular weight excluding hydrogens is 282 g/mol. The Morgan fingerprint density at radius 3 is 2.40 bits per heavy atom. The second-order valence-corrected chi connectivity index (χ2v) is 7.42. The van der Waals surface area contributed by atoms with Crippen LogP contribution in [0.15, 0.2) is 9.31 Å². The zero-order chi connectivity index (χ0) is 15.1. The SMILES string of the molecule is Cc1oc(C)c(S(=O)(=O)NCC2(C)CCC2)c1C(=O)O. The molecule has 0 saturated heterocycles. The summed E-state index contributed by atoms with van der Waals surface area (Å²) >= 11 is 0. The number of furan rings is 1. The Hall–Kier alpha value is -1.34. The molecule has 0 radical (unpaired) electrons. The van der Waals surface area contributed by atoms with Gasteiger partial charge in [0.25, 0.3) is 0 Å². The smallest absolute Gasteiger partial charge is 0.340 e. The number of carboxylic acids is 1. The maximum absolute atomic E-state index is 12.3. The van der Waals surface area contributed by atoms with Crippen LogP contribution in [0.2, 0.25) is 0 Å². The van der Waals surface area contributed by atoms with E-state index in [2.05, 4.69) is 4.72 Å². The number of sulfonamides is 1. The lowest BCUT2D eigenvalue weighted by atomic mass is 9.71. The van der Waals surface area contributed by atoms with Crippen molar-refractivity contribution in [2.75, 3.05) is 6.54 Å². The van der Waals surface area contributed by atoms with Crippen molar-refractivity contribution in [1.82, 2.24) is 4.72 Å². The highest BCUT2D eigenvalue weighted by molar-refractivity contribution is 7.89. The molecule has 6 nitrogen and oxygen atoms in total. The molecule has 112 valence electrons. The van der Waals surface area contributed by atoms with E-state index in [1.165, 1.54) is 13.8 Å². The summed E-state index contributed by atoms with van der Waals surface area (Å²) in [5, 5.41) is 9.16. The van der Waals surface area contributed by atoms with E-state index in [9.17, 15) is 13.2 Å². The zero-order valence-corrected chi connectivity index (χ0v) is 12.6. The molecule has 1 aromatic rings. The molecule has 2 N–H and O–H groups in total. The Balaban J connectivity index is 2.32. The fourth-order valence-electron chi connectivity index (χ4n) is 2.53. The Labute approximate surface area is 118 Å². The van der Waals surface area contributed by atoms with Gasteiger partial charge in [0.15, 0.2) is 0 Å². The molecular formula is C13H19NO5S. The van der Waals surface area contributed by atoms with Gasteiger partial charge in [-0.25, -0.2) is 17.9 Å². The fourth-order valence-corrected chi connectivity index (χ4v) is 4.14. The van der Waals surface area contributed by atoms with Gasteiger partial charge >= 0.3 is 5.97 Å². The number of carboxylic acid groups (broad SMARTS) is 1. The molecule has 1 aromatic heterocycles. The van der Waals surface area contributed by atoms with E-state index in [0.717, 1.165) is 19.3 Å². The molecule has 0 aliphatic heterocycles. The summed E-state index contributed by atoms with van der Waals surface area (Å²) in [5.41, 5.74) is -0.308. The van der Waals surface area contributed by atoms with Crippen LogP contribution < -0.4 is 4.72 Å². The third kappa shape index (κ3) is 2.60. The summed E-state index contributed by atoms with van der Waals surface area (Å²) in [6, 6.07) is 0. The Bertz CT molecular complexity index is 640. The molecule has 1 heterocycles. The molecule has 2 rings (SSSR count). The van der Waals surface area contributed by atoms with E-state index in [-0.39, 0.29) is 27.4 Å². The maximum Gasteiger partial charge on any atom is 0.340 e. The Morgan fingerprint density at radius 1 is 1.35 bits per heavy atom. The van der Waals surface area contributed by atoms with E-state index >= 15 is 0 Å². The third-order valence-corrected chi connectivity index (χ3v) is 5.49. The summed E-state index contributed by atoms with van der Waals surface area (Å²) in [6.07, 6.45) is 3.05. The first-order valence-electron chi connectivity index (χ1n) is 6.49. The van der Waals surface area contributed by atoms with Crippen molar-refractivity contribution in [2.24, 2.45) is 5.41 Å². The molecule has 1 fully saturated rings. The lowest BCUT2D eigenvalue weighted by Gasteiger charge is -2.38. The fraction of sp³-hybridized carbons (Fsp3) is 0.615. The molecule has 7 heteroatoms. The molecule has 0 spiro atoms. The Morgan fingerprint density at radius 2 is 1.95 bits per heavy atom. The van der Waals surface area contributed by atoms with Crippen molar-refractivity contribution >= 4 is 16.0 Å². The number of hydrogen-bond acceptors (Lipinski definition) is 4. The second kappa shape index (κ2) is 4.89. The Kier molecular flexibility index (Phi) is 3.68. The van der Waals surface area contributed by atoms with E-state index in [1.54, 1.807) is 0 Å². The van der Waals surface area contributed by atoms with Crippen LogP contribution >= 0.6 is 0 Å². The minimum atomic E-state index is -3.88. The predicted molar refractivity (Wildman–Crippen MR) is 72.3 cm³/mol. The minimum Gasteiger partial charge on any atom is -0.478 e. The van der Waals surface area contributed by atoms with E-state index in [0.29, 0.717) is 6.54 Å². The number of aryl methyl sites for hydroxylation is 2. The summed E-state index contributed by atoms with van der Waals surface area (Å²) in [5.74, 6) is -1.09. The highest BCUT2D eigenvalue weighted by Gasteiger charge is 2.35. The van der Waals surface area contributed by atoms with Gasteiger partial charge in [-0.15, -0.1) is 0 Å². The van der Waals surface area contributed by atoms with Crippen LogP contribution in [0.1, 0.15) is 48.1 Å². The quantitative estimate of drug-likeness (QED) is 0.867. The highest BCUT2D eigenvalue weighted by atomic mass is 32.2. The molecule has 1 saturated carbocycles. The van der Waals surface area contributed by atoms with Crippen LogP contribution in [0.4, 0.5) is 0 Å². The van der Waals surface area contributed by atoms with Crippen molar-refractivity contribution in [3.63, 3.8) is 0 Å². The van der Waals surface area contributed by atoms with Crippen LogP contribution in [0.5, 0.6) is 0 Å². The predicted octanol–water partition coefficient (Wildman–Crippen LogP) is 2.06. The summed E-state index contributed by atoms with van der Waals surface area (Å²) in [4.78, 5) is 11.0. The average molecular weight is 301 g/mol. The molecule has 1 aliphatic carbocycles. The van der Waals surface area contributed by atoms with Gasteiger partial charge in [0, 0.05) is 6.54 Å². The normalized spacial score (nSPS) is 17.8. The van der Waals surface area contributed by atoms with Gasteiger partial charge in [-0.1, -0.05) is 13.3 Å². The number of carbonyl (C=O) groups is 1. The van der Waals surface area contributed by atoms with Crippen LogP contribution in [-0.4, -0.2) is 26.0 Å². The first-order valence-corrected chi connectivity index (χ1v) is 7.97. The van der Waals surface area contributed by atoms with Crippen molar-refractivity contribution in [2.45, 2.75) is 44.9 Å². The van der Waals surface area contributed by atoms with Gasteiger partial charge in [-0.05, 0) is 32.1 Å². The molecule has 0 unspecified atom stereocenters. The first kappa shape index (κ1) is 15.1. The molecule has 0 amide bonds. The number of nitrogens with one attached hydrogen (secondary N) is 1. The van der Waals surface area contributed by atoms with Crippen LogP contribution in [0, 0.1) is 19.3 Å². The standard InChI is InChI=1S/C13H19NO5S/c1-8-10(12(15)16)11(9(2)19-8)20(17,18)14-7-13(3)5-4-6-13/h14H,4-7H2,1-3H3,(H,15,16). The van der Waals surface area contributed by atoms with E-state index < -0.39 is 16.0 Å². The number of aromatic carboxylic acids is 1. The third-order valence-electron chi connectivity index (χ3n) is 3.94. The van der Waals surface area contributed by atoms with Gasteiger partial charge in [0.1, 0.15) is 22.0 Å². The van der Waals surface area contributed by atoms with Gasteiger partial charge in [-0.3, -0.25) is 0 Å².